The first-order valence-corrected chi connectivity index (χ1v) is 7.10. The van der Waals surface area contributed by atoms with Crippen molar-refractivity contribution in [2.75, 3.05) is 12.3 Å². The van der Waals surface area contributed by atoms with Crippen molar-refractivity contribution in [2.45, 2.75) is 24.7 Å². The normalized spacial score (nSPS) is 12.5. The lowest BCUT2D eigenvalue weighted by atomic mass is 10.3. The van der Waals surface area contributed by atoms with Crippen LogP contribution in [0.4, 0.5) is 0 Å². The summed E-state index contributed by atoms with van der Waals surface area (Å²) in [6, 6.07) is 7.46. The predicted molar refractivity (Wildman–Crippen MR) is 74.0 cm³/mol. The largest absolute Gasteiger partial charge is 0.431 e. The van der Waals surface area contributed by atoms with E-state index in [0.29, 0.717) is 17.2 Å². The highest BCUT2D eigenvalue weighted by molar-refractivity contribution is 7.99. The fourth-order valence-electron chi connectivity index (χ4n) is 1.47. The molecule has 1 amide bonds. The van der Waals surface area contributed by atoms with Crippen molar-refractivity contribution in [3.63, 3.8) is 0 Å². The van der Waals surface area contributed by atoms with Crippen molar-refractivity contribution in [1.29, 1.82) is 0 Å². The van der Waals surface area contributed by atoms with Crippen LogP contribution in [0.25, 0.3) is 11.1 Å². The zero-order valence-electron chi connectivity index (χ0n) is 10.6. The van der Waals surface area contributed by atoms with Crippen molar-refractivity contribution >= 4 is 28.8 Å². The van der Waals surface area contributed by atoms with Crippen LogP contribution in [0.3, 0.4) is 0 Å². The molecule has 0 aliphatic heterocycles. The van der Waals surface area contributed by atoms with Crippen LogP contribution in [0, 0.1) is 0 Å². The van der Waals surface area contributed by atoms with Gasteiger partial charge in [-0.05, 0) is 18.6 Å². The van der Waals surface area contributed by atoms with Crippen LogP contribution in [0.15, 0.2) is 33.9 Å². The molecule has 0 aliphatic rings. The van der Waals surface area contributed by atoms with Crippen LogP contribution < -0.4 is 5.32 Å². The van der Waals surface area contributed by atoms with Gasteiger partial charge in [0.15, 0.2) is 5.58 Å². The summed E-state index contributed by atoms with van der Waals surface area (Å²) >= 11 is 1.24. The summed E-state index contributed by atoms with van der Waals surface area (Å²) in [5.74, 6) is 0.0863. The fourth-order valence-corrected chi connectivity index (χ4v) is 2.14. The van der Waals surface area contributed by atoms with Gasteiger partial charge in [-0.25, -0.2) is 4.98 Å². The topological polar surface area (TPSA) is 75.4 Å². The lowest BCUT2D eigenvalue weighted by Gasteiger charge is -2.08. The summed E-state index contributed by atoms with van der Waals surface area (Å²) < 4.78 is 5.49. The molecule has 19 heavy (non-hydrogen) atoms. The molecule has 0 saturated carbocycles. The molecule has 1 aromatic heterocycles. The van der Waals surface area contributed by atoms with Crippen LogP contribution in [-0.4, -0.2) is 34.4 Å². The number of rotatable bonds is 6. The summed E-state index contributed by atoms with van der Waals surface area (Å²) in [6.45, 7) is 2.15. The number of oxazole rings is 1. The van der Waals surface area contributed by atoms with Crippen molar-refractivity contribution in [3.8, 4) is 0 Å². The predicted octanol–water partition coefficient (Wildman–Crippen LogP) is 1.81. The molecule has 2 N–H and O–H groups in total. The van der Waals surface area contributed by atoms with Gasteiger partial charge in [0.1, 0.15) is 5.52 Å². The van der Waals surface area contributed by atoms with E-state index in [-0.39, 0.29) is 18.2 Å². The smallest absolute Gasteiger partial charge is 0.257 e. The van der Waals surface area contributed by atoms with Gasteiger partial charge in [-0.3, -0.25) is 4.79 Å². The SMILES string of the molecule is CCC(O)CNC(=O)CSc1nc2ccccc2o1. The molecule has 0 saturated heterocycles. The Labute approximate surface area is 115 Å². The first-order valence-electron chi connectivity index (χ1n) is 6.12. The number of thioether (sulfide) groups is 1. The van der Waals surface area contributed by atoms with Gasteiger partial charge in [-0.1, -0.05) is 30.8 Å². The van der Waals surface area contributed by atoms with Gasteiger partial charge in [-0.15, -0.1) is 0 Å². The molecule has 0 bridgehead atoms. The van der Waals surface area contributed by atoms with E-state index in [1.807, 2.05) is 31.2 Å². The third-order valence-corrected chi connectivity index (χ3v) is 3.44. The average molecular weight is 280 g/mol. The number of nitrogens with zero attached hydrogens (tertiary/aromatic N) is 1. The number of carbonyl (C=O) groups is 1. The van der Waals surface area contributed by atoms with Gasteiger partial charge < -0.3 is 14.8 Å². The maximum absolute atomic E-state index is 11.5. The molecule has 6 heteroatoms. The second-order valence-corrected chi connectivity index (χ2v) is 5.03. The first kappa shape index (κ1) is 13.9. The lowest BCUT2D eigenvalue weighted by molar-refractivity contribution is -0.119. The Morgan fingerprint density at radius 1 is 1.53 bits per heavy atom. The number of benzene rings is 1. The van der Waals surface area contributed by atoms with Gasteiger partial charge in [0.2, 0.25) is 5.91 Å². The van der Waals surface area contributed by atoms with Crippen LogP contribution in [0.1, 0.15) is 13.3 Å². The van der Waals surface area contributed by atoms with Crippen molar-refractivity contribution in [1.82, 2.24) is 10.3 Å². The number of fused-ring (bicyclic) bond motifs is 1. The lowest BCUT2D eigenvalue weighted by Crippen LogP contribution is -2.32. The molecule has 1 heterocycles. The molecular weight excluding hydrogens is 264 g/mol. The van der Waals surface area contributed by atoms with E-state index in [1.54, 1.807) is 0 Å². The van der Waals surface area contributed by atoms with E-state index in [0.717, 1.165) is 5.52 Å². The number of hydrogen-bond donors (Lipinski definition) is 2. The number of nitrogens with one attached hydrogen (secondary N) is 1. The minimum atomic E-state index is -0.488. The van der Waals surface area contributed by atoms with E-state index in [4.69, 9.17) is 4.42 Å². The first-order chi connectivity index (χ1) is 9.19. The van der Waals surface area contributed by atoms with Crippen LogP contribution in [-0.2, 0) is 4.79 Å². The second-order valence-electron chi connectivity index (χ2n) is 4.10. The number of aromatic nitrogens is 1. The highest BCUT2D eigenvalue weighted by Crippen LogP contribution is 2.22. The number of aliphatic hydroxyl groups excluding tert-OH is 1. The van der Waals surface area contributed by atoms with Gasteiger partial charge in [-0.2, -0.15) is 0 Å². The minimum Gasteiger partial charge on any atom is -0.431 e. The summed E-state index contributed by atoms with van der Waals surface area (Å²) in [7, 11) is 0. The molecule has 1 aromatic carbocycles. The summed E-state index contributed by atoms with van der Waals surface area (Å²) in [5, 5.41) is 12.5. The second kappa shape index (κ2) is 6.58. The van der Waals surface area contributed by atoms with Gasteiger partial charge in [0, 0.05) is 6.54 Å². The zero-order chi connectivity index (χ0) is 13.7. The van der Waals surface area contributed by atoms with E-state index >= 15 is 0 Å². The Morgan fingerprint density at radius 2 is 2.32 bits per heavy atom. The summed E-state index contributed by atoms with van der Waals surface area (Å²) in [6.07, 6.45) is 0.136. The van der Waals surface area contributed by atoms with E-state index in [1.165, 1.54) is 11.8 Å². The monoisotopic (exact) mass is 280 g/mol. The maximum atomic E-state index is 11.5. The quantitative estimate of drug-likeness (QED) is 0.789. The standard InChI is InChI=1S/C13H16N2O3S/c1-2-9(16)7-14-12(17)8-19-13-15-10-5-3-4-6-11(10)18-13/h3-6,9,16H,2,7-8H2,1H3,(H,14,17). The summed E-state index contributed by atoms with van der Waals surface area (Å²) in [4.78, 5) is 15.8. The number of aliphatic hydroxyl groups is 1. The number of hydrogen-bond acceptors (Lipinski definition) is 5. The molecule has 102 valence electrons. The Kier molecular flexibility index (Phi) is 4.81. The fraction of sp³-hybridized carbons (Fsp3) is 0.385. The van der Waals surface area contributed by atoms with Crippen molar-refractivity contribution < 1.29 is 14.3 Å². The molecule has 1 unspecified atom stereocenters. The third kappa shape index (κ3) is 3.97. The number of amides is 1. The van der Waals surface area contributed by atoms with Crippen molar-refractivity contribution in [2.24, 2.45) is 0 Å². The van der Waals surface area contributed by atoms with Crippen LogP contribution in [0.5, 0.6) is 0 Å². The number of carbonyl (C=O) groups excluding carboxylic acids is 1. The molecule has 0 radical (unpaired) electrons. The van der Waals surface area contributed by atoms with E-state index < -0.39 is 6.10 Å². The Bertz CT molecular complexity index is 523. The third-order valence-electron chi connectivity index (χ3n) is 2.61. The van der Waals surface area contributed by atoms with Crippen molar-refractivity contribution in [3.05, 3.63) is 24.3 Å². The summed E-state index contributed by atoms with van der Waals surface area (Å²) in [5.41, 5.74) is 1.50. The van der Waals surface area contributed by atoms with E-state index in [9.17, 15) is 9.90 Å². The van der Waals surface area contributed by atoms with Crippen LogP contribution >= 0.6 is 11.8 Å². The molecule has 0 spiro atoms. The molecule has 5 nitrogen and oxygen atoms in total. The Balaban J connectivity index is 1.83. The molecule has 2 aromatic rings. The molecule has 1 atom stereocenters. The highest BCUT2D eigenvalue weighted by atomic mass is 32.2. The maximum Gasteiger partial charge on any atom is 0.257 e. The highest BCUT2D eigenvalue weighted by Gasteiger charge is 2.09. The Morgan fingerprint density at radius 3 is 3.05 bits per heavy atom. The molecular formula is C13H16N2O3S. The molecule has 2 rings (SSSR count). The molecule has 0 aliphatic carbocycles. The minimum absolute atomic E-state index is 0.139. The van der Waals surface area contributed by atoms with E-state index in [2.05, 4.69) is 10.3 Å². The average Bonchev–Trinajstić information content (AvgIpc) is 2.85. The van der Waals surface area contributed by atoms with Crippen LogP contribution in [0.2, 0.25) is 0 Å². The zero-order valence-corrected chi connectivity index (χ0v) is 11.4. The van der Waals surface area contributed by atoms with Gasteiger partial charge in [0.25, 0.3) is 5.22 Å². The Hall–Kier alpha value is -1.53. The van der Waals surface area contributed by atoms with Gasteiger partial charge in [0.05, 0.1) is 11.9 Å². The molecule has 0 fully saturated rings. The van der Waals surface area contributed by atoms with Gasteiger partial charge >= 0.3 is 0 Å². The number of para-hydroxylation sites is 2.